The molecule has 1 heterocycles. The highest BCUT2D eigenvalue weighted by Gasteiger charge is 2.49. The number of allylic oxidation sites excluding steroid dienone is 1. The molecule has 1 N–H and O–H groups in total. The number of carboxylic acid groups (broad SMARTS) is 1. The second kappa shape index (κ2) is 7.95. The maximum absolute atomic E-state index is 12.2. The lowest BCUT2D eigenvalue weighted by atomic mass is 9.64. The maximum atomic E-state index is 12.2. The molecule has 2 rings (SSSR count). The molecule has 0 amide bonds. The minimum absolute atomic E-state index is 0.350. The summed E-state index contributed by atoms with van der Waals surface area (Å²) in [4.78, 5) is 25.4. The third-order valence-electron chi connectivity index (χ3n) is 5.13. The molecule has 1 aliphatic heterocycles. The van der Waals surface area contributed by atoms with Crippen LogP contribution in [0.15, 0.2) is 46.5 Å². The Labute approximate surface area is 152 Å². The fraction of sp³-hybridized carbons (Fsp3) is 0.474. The molecule has 0 bridgehead atoms. The van der Waals surface area contributed by atoms with Gasteiger partial charge in [0.2, 0.25) is 0 Å². The van der Waals surface area contributed by atoms with Gasteiger partial charge in [0.05, 0.1) is 18.7 Å². The van der Waals surface area contributed by atoms with Crippen LogP contribution in [0, 0.1) is 11.3 Å². The number of ether oxygens (including phenoxy) is 1. The molecule has 3 atom stereocenters. The van der Waals surface area contributed by atoms with Crippen LogP contribution in [0.25, 0.3) is 0 Å². The number of carbonyl (C=O) groups excluding carboxylic acids is 2. The summed E-state index contributed by atoms with van der Waals surface area (Å²) in [5.74, 6) is -1.52. The smallest absolute Gasteiger partial charge is 0.335 e. The van der Waals surface area contributed by atoms with E-state index in [2.05, 4.69) is 5.32 Å². The fourth-order valence-electron chi connectivity index (χ4n) is 3.67. The van der Waals surface area contributed by atoms with E-state index < -0.39 is 23.3 Å². The molecule has 0 fully saturated rings. The van der Waals surface area contributed by atoms with Crippen molar-refractivity contribution < 1.29 is 19.4 Å². The number of aliphatic carboxylic acids is 1. The average molecular weight is 362 g/mol. The lowest BCUT2D eigenvalue weighted by Gasteiger charge is -2.49. The molecule has 25 heavy (non-hydrogen) atoms. The Morgan fingerprint density at radius 2 is 1.92 bits per heavy atom. The van der Waals surface area contributed by atoms with Gasteiger partial charge in [-0.2, -0.15) is 0 Å². The van der Waals surface area contributed by atoms with Crippen molar-refractivity contribution in [3.63, 3.8) is 0 Å². The van der Waals surface area contributed by atoms with Gasteiger partial charge in [0, 0.05) is 28.0 Å². The van der Waals surface area contributed by atoms with Gasteiger partial charge in [0.1, 0.15) is 0 Å². The van der Waals surface area contributed by atoms with Crippen molar-refractivity contribution in [3.05, 3.63) is 41.6 Å². The van der Waals surface area contributed by atoms with Crippen LogP contribution in [0.4, 0.5) is 0 Å². The molecular formula is C19H24NO4S-. The Kier molecular flexibility index (Phi) is 6.16. The molecule has 1 aromatic carbocycles. The van der Waals surface area contributed by atoms with Gasteiger partial charge in [-0.1, -0.05) is 25.1 Å². The van der Waals surface area contributed by atoms with Crippen LogP contribution in [-0.4, -0.2) is 30.8 Å². The first-order valence-electron chi connectivity index (χ1n) is 8.29. The van der Waals surface area contributed by atoms with Crippen molar-refractivity contribution in [2.45, 2.75) is 38.1 Å². The second-order valence-corrected chi connectivity index (χ2v) is 7.53. The van der Waals surface area contributed by atoms with Crippen molar-refractivity contribution in [2.75, 3.05) is 12.9 Å². The van der Waals surface area contributed by atoms with Gasteiger partial charge in [0.25, 0.3) is 0 Å². The maximum Gasteiger partial charge on any atom is 0.335 e. The highest BCUT2D eigenvalue weighted by atomic mass is 32.2. The van der Waals surface area contributed by atoms with E-state index >= 15 is 0 Å². The van der Waals surface area contributed by atoms with Crippen molar-refractivity contribution in [1.82, 2.24) is 5.32 Å². The first-order chi connectivity index (χ1) is 11.8. The Balaban J connectivity index is 2.27. The van der Waals surface area contributed by atoms with Crippen molar-refractivity contribution in [2.24, 2.45) is 11.3 Å². The fourth-order valence-corrected chi connectivity index (χ4v) is 4.70. The number of methoxy groups -OCH3 is 1. The summed E-state index contributed by atoms with van der Waals surface area (Å²) in [6.07, 6.45) is 0.387. The molecule has 136 valence electrons. The van der Waals surface area contributed by atoms with E-state index in [1.165, 1.54) is 7.11 Å². The second-order valence-electron chi connectivity index (χ2n) is 6.36. The molecule has 3 unspecified atom stereocenters. The third-order valence-corrected chi connectivity index (χ3v) is 6.14. The van der Waals surface area contributed by atoms with Crippen molar-refractivity contribution in [3.8, 4) is 0 Å². The van der Waals surface area contributed by atoms with E-state index in [1.807, 2.05) is 37.3 Å². The standard InChI is InChI=1S/C19H25NO4S/c1-12-16(17(21)24-4)13(2)20-14(3)19(12,18(22)23)10-11-25-15-8-6-5-7-9-15/h5-9,12,14,20H,10-11H2,1-4H3,(H,22,23)/p-1. The number of esters is 1. The molecule has 0 aliphatic carbocycles. The molecule has 0 spiro atoms. The van der Waals surface area contributed by atoms with Crippen LogP contribution in [0.1, 0.15) is 27.2 Å². The topological polar surface area (TPSA) is 78.5 Å². The average Bonchev–Trinajstić information content (AvgIpc) is 2.58. The third kappa shape index (κ3) is 3.68. The SMILES string of the molecule is COC(=O)C1=C(C)NC(C)C(CCSc2ccccc2)(C(=O)[O-])C1C. The van der Waals surface area contributed by atoms with Gasteiger partial charge in [-0.3, -0.25) is 0 Å². The van der Waals surface area contributed by atoms with Crippen LogP contribution < -0.4 is 10.4 Å². The Morgan fingerprint density at radius 3 is 2.48 bits per heavy atom. The number of benzene rings is 1. The zero-order valence-electron chi connectivity index (χ0n) is 15.0. The molecular weight excluding hydrogens is 338 g/mol. The first kappa shape index (κ1) is 19.4. The summed E-state index contributed by atoms with van der Waals surface area (Å²) in [5.41, 5.74) is -0.126. The predicted molar refractivity (Wildman–Crippen MR) is 95.7 cm³/mol. The van der Waals surface area contributed by atoms with Gasteiger partial charge in [-0.25, -0.2) is 4.79 Å². The Morgan fingerprint density at radius 1 is 1.28 bits per heavy atom. The van der Waals surface area contributed by atoms with Gasteiger partial charge in [-0.05, 0) is 38.2 Å². The zero-order chi connectivity index (χ0) is 18.6. The molecule has 0 aromatic heterocycles. The molecule has 1 aromatic rings. The number of hydrogen-bond donors (Lipinski definition) is 1. The first-order valence-corrected chi connectivity index (χ1v) is 9.28. The van der Waals surface area contributed by atoms with Crippen LogP contribution in [0.3, 0.4) is 0 Å². The number of hydrogen-bond acceptors (Lipinski definition) is 6. The summed E-state index contributed by atoms with van der Waals surface area (Å²) in [7, 11) is 1.30. The van der Waals surface area contributed by atoms with Crippen molar-refractivity contribution >= 4 is 23.7 Å². The zero-order valence-corrected chi connectivity index (χ0v) is 15.8. The van der Waals surface area contributed by atoms with E-state index in [1.54, 1.807) is 25.6 Å². The highest BCUT2D eigenvalue weighted by Crippen LogP contribution is 2.44. The molecule has 0 saturated heterocycles. The van der Waals surface area contributed by atoms with E-state index in [9.17, 15) is 14.7 Å². The van der Waals surface area contributed by atoms with E-state index in [-0.39, 0.29) is 6.04 Å². The van der Waals surface area contributed by atoms with Crippen molar-refractivity contribution in [1.29, 1.82) is 0 Å². The summed E-state index contributed by atoms with van der Waals surface area (Å²) >= 11 is 1.60. The Bertz CT molecular complexity index is 673. The van der Waals surface area contributed by atoms with Gasteiger partial charge in [-0.15, -0.1) is 11.8 Å². The number of rotatable bonds is 6. The lowest BCUT2D eigenvalue weighted by molar-refractivity contribution is -0.323. The summed E-state index contributed by atoms with van der Waals surface area (Å²) in [6, 6.07) is 9.48. The molecule has 0 radical (unpaired) electrons. The summed E-state index contributed by atoms with van der Waals surface area (Å²) in [6.45, 7) is 5.38. The number of carbonyl (C=O) groups is 2. The number of nitrogens with one attached hydrogen (secondary N) is 1. The molecule has 5 nitrogen and oxygen atoms in total. The van der Waals surface area contributed by atoms with Gasteiger partial charge in [0.15, 0.2) is 0 Å². The summed E-state index contributed by atoms with van der Waals surface area (Å²) < 4.78 is 4.86. The minimum Gasteiger partial charge on any atom is -0.549 e. The van der Waals surface area contributed by atoms with Crippen LogP contribution in [0.2, 0.25) is 0 Å². The quantitative estimate of drug-likeness (QED) is 0.616. The monoisotopic (exact) mass is 362 g/mol. The van der Waals surface area contributed by atoms with E-state index in [0.29, 0.717) is 23.4 Å². The van der Waals surface area contributed by atoms with Crippen LogP contribution in [0.5, 0.6) is 0 Å². The van der Waals surface area contributed by atoms with E-state index in [4.69, 9.17) is 4.74 Å². The Hall–Kier alpha value is -1.95. The van der Waals surface area contributed by atoms with Crippen LogP contribution in [-0.2, 0) is 14.3 Å². The van der Waals surface area contributed by atoms with E-state index in [0.717, 1.165) is 4.90 Å². The normalized spacial score (nSPS) is 26.1. The minimum atomic E-state index is -1.18. The highest BCUT2D eigenvalue weighted by molar-refractivity contribution is 7.99. The molecule has 0 saturated carbocycles. The van der Waals surface area contributed by atoms with Gasteiger partial charge >= 0.3 is 5.97 Å². The molecule has 1 aliphatic rings. The summed E-state index contributed by atoms with van der Waals surface area (Å²) in [5, 5.41) is 15.3. The van der Waals surface area contributed by atoms with Gasteiger partial charge < -0.3 is 20.0 Å². The molecule has 6 heteroatoms. The predicted octanol–water partition coefficient (Wildman–Crippen LogP) is 1.98. The number of thioether (sulfide) groups is 1. The number of carboxylic acids is 1. The lowest BCUT2D eigenvalue weighted by Crippen LogP contribution is -2.61. The largest absolute Gasteiger partial charge is 0.549 e. The van der Waals surface area contributed by atoms with Crippen LogP contribution >= 0.6 is 11.8 Å².